The third-order valence-corrected chi connectivity index (χ3v) is 3.91. The van der Waals surface area contributed by atoms with Crippen LogP contribution >= 0.6 is 0 Å². The molecule has 1 aromatic carbocycles. The van der Waals surface area contributed by atoms with Crippen molar-refractivity contribution >= 4 is 17.0 Å². The molecule has 21 heavy (non-hydrogen) atoms. The van der Waals surface area contributed by atoms with E-state index in [-0.39, 0.29) is 0 Å². The highest BCUT2D eigenvalue weighted by atomic mass is 15.2. The zero-order chi connectivity index (χ0) is 14.2. The highest BCUT2D eigenvalue weighted by Gasteiger charge is 2.14. The van der Waals surface area contributed by atoms with E-state index in [0.29, 0.717) is 0 Å². The summed E-state index contributed by atoms with van der Waals surface area (Å²) in [5, 5.41) is 11.3. The molecule has 3 aromatic rings. The van der Waals surface area contributed by atoms with E-state index in [4.69, 9.17) is 0 Å². The van der Waals surface area contributed by atoms with Crippen LogP contribution in [-0.2, 0) is 13.0 Å². The van der Waals surface area contributed by atoms with E-state index < -0.39 is 0 Å². The lowest BCUT2D eigenvalue weighted by molar-refractivity contribution is 0.645. The van der Waals surface area contributed by atoms with Gasteiger partial charge < -0.3 is 10.6 Å². The summed E-state index contributed by atoms with van der Waals surface area (Å²) in [4.78, 5) is 4.48. The van der Waals surface area contributed by atoms with E-state index in [1.165, 1.54) is 11.1 Å². The summed E-state index contributed by atoms with van der Waals surface area (Å²) in [5.74, 6) is 0.852. The number of anilines is 2. The predicted octanol–water partition coefficient (Wildman–Crippen LogP) is 2.43. The van der Waals surface area contributed by atoms with Gasteiger partial charge in [-0.2, -0.15) is 5.10 Å². The molecule has 2 aromatic heterocycles. The standard InChI is InChI=1S/C16H17N5/c1-11-9-15-16(18-7-8-21(15)20-11)19-14-4-2-3-12-10-17-6-5-13(12)14/h2-4,7-9,17H,5-6,10H2,1H3,(H,18,19). The van der Waals surface area contributed by atoms with Crippen molar-refractivity contribution in [3.63, 3.8) is 0 Å². The van der Waals surface area contributed by atoms with Crippen molar-refractivity contribution in [1.82, 2.24) is 19.9 Å². The van der Waals surface area contributed by atoms with Crippen LogP contribution in [0.3, 0.4) is 0 Å². The topological polar surface area (TPSA) is 54.2 Å². The number of hydrogen-bond acceptors (Lipinski definition) is 4. The molecule has 3 heterocycles. The third-order valence-electron chi connectivity index (χ3n) is 3.91. The summed E-state index contributed by atoms with van der Waals surface area (Å²) in [6, 6.07) is 8.45. The van der Waals surface area contributed by atoms with Gasteiger partial charge in [-0.25, -0.2) is 9.50 Å². The first-order valence-electron chi connectivity index (χ1n) is 7.21. The Kier molecular flexibility index (Phi) is 2.86. The summed E-state index contributed by atoms with van der Waals surface area (Å²) in [6.07, 6.45) is 4.69. The van der Waals surface area contributed by atoms with Crippen molar-refractivity contribution in [2.24, 2.45) is 0 Å². The zero-order valence-corrected chi connectivity index (χ0v) is 11.9. The summed E-state index contributed by atoms with van der Waals surface area (Å²) < 4.78 is 1.86. The number of benzene rings is 1. The van der Waals surface area contributed by atoms with Gasteiger partial charge in [0.05, 0.1) is 5.69 Å². The summed E-state index contributed by atoms with van der Waals surface area (Å²) in [7, 11) is 0. The predicted molar refractivity (Wildman–Crippen MR) is 82.9 cm³/mol. The second-order valence-electron chi connectivity index (χ2n) is 5.39. The Morgan fingerprint density at radius 2 is 2.29 bits per heavy atom. The zero-order valence-electron chi connectivity index (χ0n) is 11.9. The van der Waals surface area contributed by atoms with Crippen LogP contribution in [0, 0.1) is 6.92 Å². The Balaban J connectivity index is 1.78. The lowest BCUT2D eigenvalue weighted by Gasteiger charge is -2.21. The monoisotopic (exact) mass is 279 g/mol. The number of nitrogens with zero attached hydrogens (tertiary/aromatic N) is 3. The minimum Gasteiger partial charge on any atom is -0.338 e. The maximum atomic E-state index is 4.48. The Morgan fingerprint density at radius 3 is 3.24 bits per heavy atom. The van der Waals surface area contributed by atoms with Crippen molar-refractivity contribution in [1.29, 1.82) is 0 Å². The number of rotatable bonds is 2. The molecule has 0 saturated carbocycles. The van der Waals surface area contributed by atoms with Crippen LogP contribution in [0.1, 0.15) is 16.8 Å². The Labute approximate surface area is 123 Å². The maximum Gasteiger partial charge on any atom is 0.156 e. The van der Waals surface area contributed by atoms with Crippen LogP contribution < -0.4 is 10.6 Å². The minimum atomic E-state index is 0.852. The summed E-state index contributed by atoms with van der Waals surface area (Å²) in [6.45, 7) is 3.95. The highest BCUT2D eigenvalue weighted by molar-refractivity contribution is 5.75. The first kappa shape index (κ1) is 12.3. The van der Waals surface area contributed by atoms with Crippen molar-refractivity contribution in [2.45, 2.75) is 19.9 Å². The van der Waals surface area contributed by atoms with E-state index in [9.17, 15) is 0 Å². The number of aromatic nitrogens is 3. The lowest BCUT2D eigenvalue weighted by atomic mass is 9.99. The quantitative estimate of drug-likeness (QED) is 0.756. The molecule has 1 aliphatic rings. The van der Waals surface area contributed by atoms with E-state index in [1.807, 2.05) is 23.7 Å². The molecular formula is C16H17N5. The van der Waals surface area contributed by atoms with E-state index in [1.54, 1.807) is 6.20 Å². The van der Waals surface area contributed by atoms with Crippen molar-refractivity contribution < 1.29 is 0 Å². The van der Waals surface area contributed by atoms with Gasteiger partial charge in [0.1, 0.15) is 5.52 Å². The minimum absolute atomic E-state index is 0.852. The molecule has 0 unspecified atom stereocenters. The van der Waals surface area contributed by atoms with Gasteiger partial charge in [0.2, 0.25) is 0 Å². The average Bonchev–Trinajstić information content (AvgIpc) is 2.89. The molecule has 0 spiro atoms. The average molecular weight is 279 g/mol. The van der Waals surface area contributed by atoms with Crippen molar-refractivity contribution in [3.8, 4) is 0 Å². The van der Waals surface area contributed by atoms with Gasteiger partial charge in [-0.15, -0.1) is 0 Å². The number of nitrogens with one attached hydrogen (secondary N) is 2. The van der Waals surface area contributed by atoms with Crippen LogP contribution in [0.4, 0.5) is 11.5 Å². The van der Waals surface area contributed by atoms with Crippen LogP contribution in [0.2, 0.25) is 0 Å². The van der Waals surface area contributed by atoms with Crippen LogP contribution in [-0.4, -0.2) is 21.1 Å². The molecule has 5 nitrogen and oxygen atoms in total. The molecule has 4 rings (SSSR count). The Bertz CT molecular complexity index is 806. The van der Waals surface area contributed by atoms with E-state index in [2.05, 4.69) is 38.9 Å². The van der Waals surface area contributed by atoms with Gasteiger partial charge >= 0.3 is 0 Å². The van der Waals surface area contributed by atoms with Crippen LogP contribution in [0.5, 0.6) is 0 Å². The van der Waals surface area contributed by atoms with E-state index in [0.717, 1.165) is 42.2 Å². The molecule has 5 heteroatoms. The molecule has 0 amide bonds. The fourth-order valence-electron chi connectivity index (χ4n) is 2.92. The molecule has 0 saturated heterocycles. The number of hydrogen-bond donors (Lipinski definition) is 2. The molecule has 0 bridgehead atoms. The van der Waals surface area contributed by atoms with Crippen molar-refractivity contribution in [2.75, 3.05) is 11.9 Å². The maximum absolute atomic E-state index is 4.48. The molecule has 0 atom stereocenters. The smallest absolute Gasteiger partial charge is 0.156 e. The third kappa shape index (κ3) is 2.15. The fraction of sp³-hybridized carbons (Fsp3) is 0.250. The highest BCUT2D eigenvalue weighted by Crippen LogP contribution is 2.27. The normalized spacial score (nSPS) is 14.1. The van der Waals surface area contributed by atoms with Gasteiger partial charge in [-0.05, 0) is 43.1 Å². The molecule has 2 N–H and O–H groups in total. The number of aryl methyl sites for hydroxylation is 1. The van der Waals surface area contributed by atoms with Crippen molar-refractivity contribution in [3.05, 3.63) is 53.5 Å². The van der Waals surface area contributed by atoms with Gasteiger partial charge in [-0.3, -0.25) is 0 Å². The second kappa shape index (κ2) is 4.86. The lowest BCUT2D eigenvalue weighted by Crippen LogP contribution is -2.24. The fourth-order valence-corrected chi connectivity index (χ4v) is 2.92. The first-order chi connectivity index (χ1) is 10.3. The molecular weight excluding hydrogens is 262 g/mol. The second-order valence-corrected chi connectivity index (χ2v) is 5.39. The van der Waals surface area contributed by atoms with Gasteiger partial charge in [0, 0.05) is 24.6 Å². The molecule has 106 valence electrons. The van der Waals surface area contributed by atoms with Gasteiger partial charge in [-0.1, -0.05) is 12.1 Å². The van der Waals surface area contributed by atoms with Crippen LogP contribution in [0.15, 0.2) is 36.7 Å². The number of fused-ring (bicyclic) bond motifs is 2. The summed E-state index contributed by atoms with van der Waals surface area (Å²) in [5.41, 5.74) is 5.89. The van der Waals surface area contributed by atoms with E-state index >= 15 is 0 Å². The first-order valence-corrected chi connectivity index (χ1v) is 7.21. The van der Waals surface area contributed by atoms with Crippen LogP contribution in [0.25, 0.3) is 5.52 Å². The molecule has 0 fully saturated rings. The van der Waals surface area contributed by atoms with Gasteiger partial charge in [0.15, 0.2) is 5.82 Å². The molecule has 1 aliphatic heterocycles. The SMILES string of the molecule is Cc1cc2c(Nc3cccc4c3CCNC4)nccn2n1. The summed E-state index contributed by atoms with van der Waals surface area (Å²) >= 11 is 0. The largest absolute Gasteiger partial charge is 0.338 e. The molecule has 0 radical (unpaired) electrons. The Morgan fingerprint density at radius 1 is 1.33 bits per heavy atom. The molecule has 0 aliphatic carbocycles. The van der Waals surface area contributed by atoms with Gasteiger partial charge in [0.25, 0.3) is 0 Å². The Hall–Kier alpha value is -2.40.